The van der Waals surface area contributed by atoms with Gasteiger partial charge in [0.25, 0.3) is 0 Å². The third-order valence-electron chi connectivity index (χ3n) is 3.43. The average Bonchev–Trinajstić information content (AvgIpc) is 2.43. The second kappa shape index (κ2) is 7.76. The molecule has 4 nitrogen and oxygen atoms in total. The summed E-state index contributed by atoms with van der Waals surface area (Å²) < 4.78 is 6.75. The number of nitrogens with one attached hydrogen (secondary N) is 2. The zero-order valence-electron chi connectivity index (χ0n) is 11.7. The monoisotopic (exact) mass is 340 g/mol. The number of carbonyl (C=O) groups is 1. The van der Waals surface area contributed by atoms with Crippen LogP contribution in [0.5, 0.6) is 0 Å². The molecule has 2 N–H and O–H groups in total. The molecule has 0 aliphatic carbocycles. The summed E-state index contributed by atoms with van der Waals surface area (Å²) in [6.45, 7) is 4.49. The molecule has 1 amide bonds. The number of hydrogen-bond acceptors (Lipinski definition) is 3. The van der Waals surface area contributed by atoms with Crippen molar-refractivity contribution in [3.63, 3.8) is 0 Å². The molecule has 0 saturated carbocycles. The van der Waals surface area contributed by atoms with Crippen LogP contribution in [0.1, 0.15) is 24.8 Å². The molecule has 1 aromatic carbocycles. The van der Waals surface area contributed by atoms with Gasteiger partial charge in [0.2, 0.25) is 5.91 Å². The van der Waals surface area contributed by atoms with Crippen molar-refractivity contribution < 1.29 is 9.53 Å². The Balaban J connectivity index is 1.72. The highest BCUT2D eigenvalue weighted by molar-refractivity contribution is 9.10. The maximum atomic E-state index is 11.9. The predicted molar refractivity (Wildman–Crippen MR) is 84.0 cm³/mol. The zero-order chi connectivity index (χ0) is 14.4. The molecule has 0 aromatic heterocycles. The minimum Gasteiger partial charge on any atom is -0.378 e. The van der Waals surface area contributed by atoms with E-state index in [1.165, 1.54) is 0 Å². The molecular formula is C15H21BrN2O2. The van der Waals surface area contributed by atoms with E-state index >= 15 is 0 Å². The van der Waals surface area contributed by atoms with E-state index in [4.69, 9.17) is 4.74 Å². The van der Waals surface area contributed by atoms with Gasteiger partial charge in [-0.1, -0.05) is 15.9 Å². The van der Waals surface area contributed by atoms with Crippen molar-refractivity contribution in [3.8, 4) is 0 Å². The third kappa shape index (κ3) is 4.89. The first-order chi connectivity index (χ1) is 9.65. The molecule has 2 rings (SSSR count). The van der Waals surface area contributed by atoms with E-state index in [2.05, 4.69) is 26.6 Å². The number of ether oxygens (including phenoxy) is 1. The van der Waals surface area contributed by atoms with E-state index < -0.39 is 0 Å². The van der Waals surface area contributed by atoms with Gasteiger partial charge >= 0.3 is 0 Å². The largest absolute Gasteiger partial charge is 0.378 e. The first-order valence-corrected chi connectivity index (χ1v) is 7.83. The van der Waals surface area contributed by atoms with Crippen LogP contribution in [0.25, 0.3) is 0 Å². The lowest BCUT2D eigenvalue weighted by molar-refractivity contribution is -0.117. The van der Waals surface area contributed by atoms with Gasteiger partial charge in [-0.2, -0.15) is 0 Å². The highest BCUT2D eigenvalue weighted by Crippen LogP contribution is 2.20. The molecule has 0 bridgehead atoms. The van der Waals surface area contributed by atoms with E-state index in [1.807, 2.05) is 25.1 Å². The lowest BCUT2D eigenvalue weighted by Gasteiger charge is -2.22. The fourth-order valence-electron chi connectivity index (χ4n) is 2.26. The molecule has 20 heavy (non-hydrogen) atoms. The Labute approximate surface area is 128 Å². The van der Waals surface area contributed by atoms with Gasteiger partial charge in [-0.05, 0) is 56.6 Å². The van der Waals surface area contributed by atoms with Crippen LogP contribution in [0, 0.1) is 6.92 Å². The highest BCUT2D eigenvalue weighted by atomic mass is 79.9. The second-order valence-electron chi connectivity index (χ2n) is 5.08. The summed E-state index contributed by atoms with van der Waals surface area (Å²) in [6.07, 6.45) is 2.78. The first kappa shape index (κ1) is 15.5. The lowest BCUT2D eigenvalue weighted by atomic mass is 10.1. The maximum absolute atomic E-state index is 11.9. The van der Waals surface area contributed by atoms with E-state index in [0.29, 0.717) is 19.1 Å². The van der Waals surface area contributed by atoms with Crippen LogP contribution in [0.15, 0.2) is 22.7 Å². The summed E-state index contributed by atoms with van der Waals surface area (Å²) in [6, 6.07) is 5.82. The fourth-order valence-corrected chi connectivity index (χ4v) is 2.74. The molecule has 0 atom stereocenters. The van der Waals surface area contributed by atoms with Gasteiger partial charge in [-0.3, -0.25) is 4.79 Å². The number of hydrogen-bond donors (Lipinski definition) is 2. The summed E-state index contributed by atoms with van der Waals surface area (Å²) in [5.41, 5.74) is 1.91. The number of carbonyl (C=O) groups excluding carboxylic acids is 1. The van der Waals surface area contributed by atoms with E-state index in [0.717, 1.165) is 41.7 Å². The van der Waals surface area contributed by atoms with Gasteiger partial charge in [0, 0.05) is 10.2 Å². The van der Waals surface area contributed by atoms with Crippen LogP contribution in [0.3, 0.4) is 0 Å². The minimum atomic E-state index is 0.00403. The van der Waals surface area contributed by atoms with E-state index in [9.17, 15) is 4.79 Å². The standard InChI is InChI=1S/C15H21BrN2O2/c1-11-10-12(16)2-3-14(11)18-15(19)6-9-20-13-4-7-17-8-5-13/h2-3,10,13,17H,4-9H2,1H3,(H,18,19). The number of piperidine rings is 1. The summed E-state index contributed by atoms with van der Waals surface area (Å²) >= 11 is 3.41. The summed E-state index contributed by atoms with van der Waals surface area (Å²) in [5, 5.41) is 6.22. The Bertz CT molecular complexity index is 459. The van der Waals surface area contributed by atoms with Crippen molar-refractivity contribution in [2.75, 3.05) is 25.0 Å². The predicted octanol–water partition coefficient (Wildman–Crippen LogP) is 2.85. The van der Waals surface area contributed by atoms with Crippen LogP contribution in [0.2, 0.25) is 0 Å². The Kier molecular flexibility index (Phi) is 6.01. The van der Waals surface area contributed by atoms with Gasteiger partial charge in [0.1, 0.15) is 0 Å². The topological polar surface area (TPSA) is 50.4 Å². The fraction of sp³-hybridized carbons (Fsp3) is 0.533. The Morgan fingerprint density at radius 1 is 1.45 bits per heavy atom. The Morgan fingerprint density at radius 3 is 2.90 bits per heavy atom. The summed E-state index contributed by atoms with van der Waals surface area (Å²) in [4.78, 5) is 11.9. The van der Waals surface area contributed by atoms with Crippen LogP contribution in [-0.4, -0.2) is 31.7 Å². The van der Waals surface area contributed by atoms with Crippen molar-refractivity contribution in [1.29, 1.82) is 0 Å². The van der Waals surface area contributed by atoms with Crippen LogP contribution in [0.4, 0.5) is 5.69 Å². The van der Waals surface area contributed by atoms with Crippen LogP contribution >= 0.6 is 15.9 Å². The molecule has 0 radical (unpaired) electrons. The average molecular weight is 341 g/mol. The molecule has 1 aliphatic rings. The number of rotatable bonds is 5. The molecule has 0 unspecified atom stereocenters. The van der Waals surface area contributed by atoms with Gasteiger partial charge in [-0.15, -0.1) is 0 Å². The molecule has 5 heteroatoms. The summed E-state index contributed by atoms with van der Waals surface area (Å²) in [7, 11) is 0. The number of amides is 1. The smallest absolute Gasteiger partial charge is 0.226 e. The first-order valence-electron chi connectivity index (χ1n) is 7.03. The van der Waals surface area contributed by atoms with Crippen molar-refractivity contribution in [3.05, 3.63) is 28.2 Å². The normalized spacial score (nSPS) is 16.1. The number of halogens is 1. The molecule has 1 fully saturated rings. The molecule has 0 spiro atoms. The highest BCUT2D eigenvalue weighted by Gasteiger charge is 2.13. The van der Waals surface area contributed by atoms with Gasteiger partial charge in [0.15, 0.2) is 0 Å². The molecule has 1 saturated heterocycles. The number of benzene rings is 1. The molecule has 110 valence electrons. The molecule has 1 aliphatic heterocycles. The van der Waals surface area contributed by atoms with Gasteiger partial charge in [0.05, 0.1) is 19.1 Å². The summed E-state index contributed by atoms with van der Waals surface area (Å²) in [5.74, 6) is 0.00403. The van der Waals surface area contributed by atoms with Crippen LogP contribution in [-0.2, 0) is 9.53 Å². The molecule has 1 heterocycles. The maximum Gasteiger partial charge on any atom is 0.226 e. The lowest BCUT2D eigenvalue weighted by Crippen LogP contribution is -2.33. The van der Waals surface area contributed by atoms with Crippen LogP contribution < -0.4 is 10.6 Å². The quantitative estimate of drug-likeness (QED) is 0.866. The SMILES string of the molecule is Cc1cc(Br)ccc1NC(=O)CCOC1CCNCC1. The van der Waals surface area contributed by atoms with Crippen molar-refractivity contribution in [2.45, 2.75) is 32.3 Å². The van der Waals surface area contributed by atoms with Gasteiger partial charge < -0.3 is 15.4 Å². The van der Waals surface area contributed by atoms with Crippen molar-refractivity contribution in [2.24, 2.45) is 0 Å². The number of anilines is 1. The minimum absolute atomic E-state index is 0.00403. The second-order valence-corrected chi connectivity index (χ2v) is 5.99. The molecular weight excluding hydrogens is 320 g/mol. The van der Waals surface area contributed by atoms with Crippen molar-refractivity contribution >= 4 is 27.5 Å². The Hall–Kier alpha value is -0.910. The number of aryl methyl sites for hydroxylation is 1. The Morgan fingerprint density at radius 2 is 2.20 bits per heavy atom. The molecule has 1 aromatic rings. The zero-order valence-corrected chi connectivity index (χ0v) is 13.3. The van der Waals surface area contributed by atoms with Gasteiger partial charge in [-0.25, -0.2) is 0 Å². The van der Waals surface area contributed by atoms with E-state index in [1.54, 1.807) is 0 Å². The van der Waals surface area contributed by atoms with Crippen molar-refractivity contribution in [1.82, 2.24) is 5.32 Å². The third-order valence-corrected chi connectivity index (χ3v) is 3.92. The van der Waals surface area contributed by atoms with E-state index in [-0.39, 0.29) is 5.91 Å².